The van der Waals surface area contributed by atoms with Crippen LogP contribution in [0.1, 0.15) is 49.0 Å². The molecule has 1 aromatic carbocycles. The van der Waals surface area contributed by atoms with Gasteiger partial charge in [-0.3, -0.25) is 0 Å². The zero-order valence-corrected chi connectivity index (χ0v) is 18.6. The summed E-state index contributed by atoms with van der Waals surface area (Å²) in [7, 11) is 0. The van der Waals surface area contributed by atoms with E-state index < -0.39 is 16.8 Å². The third kappa shape index (κ3) is 5.60. The second-order valence-corrected chi connectivity index (χ2v) is 15.1. The van der Waals surface area contributed by atoms with Crippen molar-refractivity contribution < 1.29 is 41.7 Å². The Morgan fingerprint density at radius 3 is 2.24 bits per heavy atom. The zero-order valence-electron chi connectivity index (χ0n) is 15.5. The minimum atomic E-state index is -2.14. The van der Waals surface area contributed by atoms with Gasteiger partial charge in [-0.15, -0.1) is 0 Å². The second-order valence-electron chi connectivity index (χ2n) is 8.41. The van der Waals surface area contributed by atoms with Crippen LogP contribution >= 0.6 is 0 Å². The summed E-state index contributed by atoms with van der Waals surface area (Å²) in [6.07, 6.45) is 7.55. The van der Waals surface area contributed by atoms with Gasteiger partial charge in [0, 0.05) is 0 Å². The first-order valence-electron chi connectivity index (χ1n) is 8.63. The molecular formula is C19H34Cl2N2SiTi. The number of nitrogens with zero attached hydrogens (tertiary/aromatic N) is 1. The van der Waals surface area contributed by atoms with E-state index in [1.165, 1.54) is 37.2 Å². The Morgan fingerprint density at radius 2 is 1.68 bits per heavy atom. The van der Waals surface area contributed by atoms with Crippen molar-refractivity contribution in [1.29, 1.82) is 0 Å². The fourth-order valence-electron chi connectivity index (χ4n) is 4.23. The maximum atomic E-state index is 3.99. The summed E-state index contributed by atoms with van der Waals surface area (Å²) in [5.41, 5.74) is 4.71. The predicted molar refractivity (Wildman–Crippen MR) is 106 cm³/mol. The van der Waals surface area contributed by atoms with Crippen molar-refractivity contribution >= 4 is 22.7 Å². The Hall–Kier alpha value is 0.231. The van der Waals surface area contributed by atoms with Crippen molar-refractivity contribution in [3.8, 4) is 0 Å². The summed E-state index contributed by atoms with van der Waals surface area (Å²) >= 11 is -2.14. The molecule has 0 bridgehead atoms. The molecule has 142 valence electrons. The Morgan fingerprint density at radius 1 is 1.08 bits per heavy atom. The molecule has 1 heterocycles. The van der Waals surface area contributed by atoms with Gasteiger partial charge in [-0.1, -0.05) is 0 Å². The third-order valence-corrected chi connectivity index (χ3v) is 10.2. The summed E-state index contributed by atoms with van der Waals surface area (Å²) in [6.45, 7) is 9.32. The normalized spacial score (nSPS) is 18.3. The van der Waals surface area contributed by atoms with Gasteiger partial charge in [0.05, 0.1) is 0 Å². The molecule has 0 aromatic heterocycles. The molecular weight excluding hydrogens is 403 g/mol. The van der Waals surface area contributed by atoms with E-state index in [0.29, 0.717) is 4.22 Å². The third-order valence-electron chi connectivity index (χ3n) is 4.83. The molecule has 1 fully saturated rings. The number of hydrogen-bond donors (Lipinski definition) is 1. The Balaban J connectivity index is 0.00000192. The van der Waals surface area contributed by atoms with Gasteiger partial charge in [-0.05, 0) is 11.0 Å². The maximum Gasteiger partial charge on any atom is -0.0149 e. The molecule has 1 atom stereocenters. The van der Waals surface area contributed by atoms with Gasteiger partial charge >= 0.3 is 140 Å². The predicted octanol–water partition coefficient (Wildman–Crippen LogP) is -2.54. The molecule has 6 heteroatoms. The minimum absolute atomic E-state index is 0. The van der Waals surface area contributed by atoms with Crippen molar-refractivity contribution in [3.05, 3.63) is 35.4 Å². The Labute approximate surface area is 174 Å². The Bertz CT molecular complexity index is 594. The number of nitrogens with one attached hydrogen (secondary N) is 1. The molecule has 25 heavy (non-hydrogen) atoms. The van der Waals surface area contributed by atoms with E-state index in [-0.39, 0.29) is 41.3 Å². The van der Waals surface area contributed by atoms with Gasteiger partial charge in [0.15, 0.2) is 0 Å². The maximum absolute atomic E-state index is 3.99. The van der Waals surface area contributed by atoms with Crippen LogP contribution in [0.3, 0.4) is 0 Å². The standard InChI is InChI=1S/C13H14N.C4H10N.2CH3.2ClH.H4Si.Ti/c1-2-10-14(9-1)13-8-4-6-11-5-3-7-12(11)13;1-4(2,3)5;;;;;;/h3-8H,1-2,9-10H2;5H,1-3H3;2*1H3;2*1H;1H4;/q;-1;;;;;;+3/p-2. The minimum Gasteiger partial charge on any atom is -1.00 e. The molecule has 2 nitrogen and oxygen atoms in total. The number of anilines is 1. The summed E-state index contributed by atoms with van der Waals surface area (Å²) in [6, 6.07) is 6.94. The van der Waals surface area contributed by atoms with Crippen molar-refractivity contribution in [2.24, 2.45) is 0 Å². The van der Waals surface area contributed by atoms with Gasteiger partial charge in [-0.2, -0.15) is 0 Å². The molecule has 1 aliphatic carbocycles. The fourth-order valence-corrected chi connectivity index (χ4v) is 10.00. The number of fused-ring (bicyclic) bond motifs is 1. The van der Waals surface area contributed by atoms with E-state index in [4.69, 9.17) is 0 Å². The van der Waals surface area contributed by atoms with Crippen LogP contribution < -0.4 is 33.5 Å². The summed E-state index contributed by atoms with van der Waals surface area (Å²) < 4.78 is 4.61. The zero-order chi connectivity index (χ0) is 16.0. The molecule has 1 N–H and O–H groups in total. The first kappa shape index (κ1) is 25.2. The average molecular weight is 437 g/mol. The van der Waals surface area contributed by atoms with E-state index in [1.807, 2.05) is 0 Å². The van der Waals surface area contributed by atoms with E-state index in [1.54, 1.807) is 5.56 Å². The number of rotatable bonds is 3. The van der Waals surface area contributed by atoms with Crippen LogP contribution in [0.4, 0.5) is 5.69 Å². The van der Waals surface area contributed by atoms with E-state index in [9.17, 15) is 0 Å². The average Bonchev–Trinajstić information content (AvgIpc) is 3.05. The molecule has 1 unspecified atom stereocenters. The molecule has 0 saturated carbocycles. The quantitative estimate of drug-likeness (QED) is 0.525. The van der Waals surface area contributed by atoms with Gasteiger partial charge in [0.1, 0.15) is 0 Å². The van der Waals surface area contributed by atoms with E-state index in [0.717, 1.165) is 0 Å². The van der Waals surface area contributed by atoms with E-state index >= 15 is 0 Å². The summed E-state index contributed by atoms with van der Waals surface area (Å²) in [5, 5.41) is 5.02. The van der Waals surface area contributed by atoms with Crippen LogP contribution in [0.2, 0.25) is 10.5 Å². The summed E-state index contributed by atoms with van der Waals surface area (Å²) in [4.78, 5) is 2.57. The van der Waals surface area contributed by atoms with Gasteiger partial charge in [0.25, 0.3) is 0 Å². The van der Waals surface area contributed by atoms with Gasteiger partial charge < -0.3 is 24.8 Å². The number of halogens is 2. The fraction of sp³-hybridized carbons (Fsp3) is 0.579. The first-order valence-corrected chi connectivity index (χ1v) is 13.4. The molecule has 2 aliphatic rings. The molecule has 0 radical (unpaired) electrons. The smallest absolute Gasteiger partial charge is 0.0149 e. The van der Waals surface area contributed by atoms with Crippen LogP contribution in [0.25, 0.3) is 6.08 Å². The van der Waals surface area contributed by atoms with Crippen LogP contribution in [-0.2, 0) is 16.8 Å². The first-order chi connectivity index (χ1) is 10.3. The molecule has 0 amide bonds. The van der Waals surface area contributed by atoms with Crippen molar-refractivity contribution in [1.82, 2.24) is 3.80 Å². The van der Waals surface area contributed by atoms with E-state index in [2.05, 4.69) is 70.3 Å². The molecule has 0 spiro atoms. The summed E-state index contributed by atoms with van der Waals surface area (Å²) in [5.74, 6) is 0. The number of benzene rings is 1. The molecule has 1 aliphatic heterocycles. The topological polar surface area (TPSA) is 15.3 Å². The molecule has 1 saturated heterocycles. The molecule has 3 rings (SSSR count). The Kier molecular flexibility index (Phi) is 9.52. The van der Waals surface area contributed by atoms with Crippen LogP contribution in [0.5, 0.6) is 0 Å². The monoisotopic (exact) mass is 436 g/mol. The number of allylic oxidation sites excluding steroid dienone is 1. The largest absolute Gasteiger partial charge is 1.00 e. The van der Waals surface area contributed by atoms with Crippen LogP contribution in [-0.4, -0.2) is 29.6 Å². The second kappa shape index (κ2) is 9.43. The van der Waals surface area contributed by atoms with Gasteiger partial charge in [0.2, 0.25) is 0 Å². The van der Waals surface area contributed by atoms with Crippen LogP contribution in [0, 0.1) is 0 Å². The number of hydrogen-bond acceptors (Lipinski definition) is 2. The van der Waals surface area contributed by atoms with Crippen LogP contribution in [0.15, 0.2) is 24.3 Å². The molecule has 1 aromatic rings. The van der Waals surface area contributed by atoms with Gasteiger partial charge in [-0.25, -0.2) is 0 Å². The van der Waals surface area contributed by atoms with Crippen molar-refractivity contribution in [3.63, 3.8) is 0 Å². The van der Waals surface area contributed by atoms with Crippen molar-refractivity contribution in [2.45, 2.75) is 53.8 Å². The van der Waals surface area contributed by atoms with Crippen molar-refractivity contribution in [2.75, 3.05) is 18.0 Å². The SMILES string of the molecule is CC(C)(C)[NH][Ti+2]([CH3])([CH3])[CH]1C=Cc2c1cccc2N1CCCC1.[Cl-].[Cl-].[SiH4].